The number of pyridine rings is 1. The Kier molecular flexibility index (Phi) is 3.82. The van der Waals surface area contributed by atoms with Crippen molar-refractivity contribution in [2.24, 2.45) is 0 Å². The standard InChI is InChI=1S/C15H19N3/c1-12(13-8-10-16-11-9-13)17-14-4-6-15(7-5-14)18(2)3/h4-12,17H,1-3H3. The molecule has 1 unspecified atom stereocenters. The van der Waals surface area contributed by atoms with Crippen molar-refractivity contribution < 1.29 is 0 Å². The monoisotopic (exact) mass is 241 g/mol. The van der Waals surface area contributed by atoms with E-state index in [1.54, 1.807) is 0 Å². The summed E-state index contributed by atoms with van der Waals surface area (Å²) in [7, 11) is 4.09. The molecule has 1 heterocycles. The van der Waals surface area contributed by atoms with Crippen molar-refractivity contribution in [1.82, 2.24) is 4.98 Å². The Morgan fingerprint density at radius 2 is 1.61 bits per heavy atom. The number of nitrogens with zero attached hydrogens (tertiary/aromatic N) is 2. The largest absolute Gasteiger partial charge is 0.379 e. The Hall–Kier alpha value is -2.03. The van der Waals surface area contributed by atoms with Gasteiger partial charge in [0.2, 0.25) is 0 Å². The summed E-state index contributed by atoms with van der Waals surface area (Å²) in [5.41, 5.74) is 3.57. The van der Waals surface area contributed by atoms with Crippen LogP contribution in [0.4, 0.5) is 11.4 Å². The van der Waals surface area contributed by atoms with Crippen LogP contribution in [0.5, 0.6) is 0 Å². The molecule has 0 saturated carbocycles. The molecule has 0 radical (unpaired) electrons. The first kappa shape index (κ1) is 12.4. The van der Waals surface area contributed by atoms with Crippen LogP contribution in [0.2, 0.25) is 0 Å². The Labute approximate surface area is 108 Å². The maximum Gasteiger partial charge on any atom is 0.0486 e. The normalized spacial score (nSPS) is 11.9. The number of aromatic nitrogens is 1. The molecule has 0 amide bonds. The predicted molar refractivity (Wildman–Crippen MR) is 77.0 cm³/mol. The van der Waals surface area contributed by atoms with Crippen LogP contribution in [0.1, 0.15) is 18.5 Å². The molecule has 94 valence electrons. The smallest absolute Gasteiger partial charge is 0.0486 e. The lowest BCUT2D eigenvalue weighted by Gasteiger charge is -2.17. The second-order valence-corrected chi connectivity index (χ2v) is 4.59. The van der Waals surface area contributed by atoms with Crippen LogP contribution in [0.25, 0.3) is 0 Å². The van der Waals surface area contributed by atoms with Crippen LogP contribution in [-0.2, 0) is 0 Å². The highest BCUT2D eigenvalue weighted by Crippen LogP contribution is 2.21. The first-order chi connectivity index (χ1) is 8.66. The van der Waals surface area contributed by atoms with Gasteiger partial charge >= 0.3 is 0 Å². The predicted octanol–water partition coefficient (Wildman–Crippen LogP) is 3.32. The fraction of sp³-hybridized carbons (Fsp3) is 0.267. The molecule has 1 aromatic heterocycles. The summed E-state index contributed by atoms with van der Waals surface area (Å²) < 4.78 is 0. The molecule has 1 atom stereocenters. The van der Waals surface area contributed by atoms with Gasteiger partial charge in [-0.25, -0.2) is 0 Å². The van der Waals surface area contributed by atoms with Crippen LogP contribution >= 0.6 is 0 Å². The second-order valence-electron chi connectivity index (χ2n) is 4.59. The van der Waals surface area contributed by atoms with Crippen molar-refractivity contribution in [2.75, 3.05) is 24.3 Å². The van der Waals surface area contributed by atoms with Crippen molar-refractivity contribution in [1.29, 1.82) is 0 Å². The van der Waals surface area contributed by atoms with Crippen molar-refractivity contribution >= 4 is 11.4 Å². The molecule has 0 spiro atoms. The van der Waals surface area contributed by atoms with E-state index in [2.05, 4.69) is 46.4 Å². The molecule has 1 N–H and O–H groups in total. The van der Waals surface area contributed by atoms with Gasteiger partial charge in [-0.3, -0.25) is 4.98 Å². The van der Waals surface area contributed by atoms with Crippen LogP contribution in [0.3, 0.4) is 0 Å². The minimum Gasteiger partial charge on any atom is -0.379 e. The first-order valence-electron chi connectivity index (χ1n) is 6.10. The lowest BCUT2D eigenvalue weighted by molar-refractivity contribution is 0.881. The fourth-order valence-electron chi connectivity index (χ4n) is 1.84. The molecule has 1 aromatic carbocycles. The van der Waals surface area contributed by atoms with Crippen LogP contribution in [0.15, 0.2) is 48.8 Å². The molecule has 0 saturated heterocycles. The quantitative estimate of drug-likeness (QED) is 0.890. The molecule has 2 aromatic rings. The maximum absolute atomic E-state index is 4.03. The Balaban J connectivity index is 2.05. The van der Waals surface area contributed by atoms with Crippen LogP contribution < -0.4 is 10.2 Å². The third-order valence-electron chi connectivity index (χ3n) is 2.97. The first-order valence-corrected chi connectivity index (χ1v) is 6.10. The Bertz CT molecular complexity index is 477. The van der Waals surface area contributed by atoms with Gasteiger partial charge in [-0.05, 0) is 48.9 Å². The fourth-order valence-corrected chi connectivity index (χ4v) is 1.84. The third kappa shape index (κ3) is 3.00. The number of hydrogen-bond donors (Lipinski definition) is 1. The minimum absolute atomic E-state index is 0.276. The average Bonchev–Trinajstić information content (AvgIpc) is 2.40. The number of nitrogens with one attached hydrogen (secondary N) is 1. The van der Waals surface area contributed by atoms with E-state index in [1.807, 2.05) is 38.6 Å². The van der Waals surface area contributed by atoms with E-state index < -0.39 is 0 Å². The number of anilines is 2. The van der Waals surface area contributed by atoms with Gasteiger partial charge in [0.05, 0.1) is 0 Å². The van der Waals surface area contributed by atoms with Gasteiger partial charge in [-0.2, -0.15) is 0 Å². The van der Waals surface area contributed by atoms with Gasteiger partial charge in [0.25, 0.3) is 0 Å². The summed E-state index contributed by atoms with van der Waals surface area (Å²) in [5, 5.41) is 3.48. The van der Waals surface area contributed by atoms with E-state index in [4.69, 9.17) is 0 Å². The van der Waals surface area contributed by atoms with Crippen LogP contribution in [0, 0.1) is 0 Å². The number of hydrogen-bond acceptors (Lipinski definition) is 3. The zero-order valence-electron chi connectivity index (χ0n) is 11.1. The lowest BCUT2D eigenvalue weighted by atomic mass is 10.1. The molecule has 0 aliphatic carbocycles. The third-order valence-corrected chi connectivity index (χ3v) is 2.97. The summed E-state index contributed by atoms with van der Waals surface area (Å²) in [5.74, 6) is 0. The molecule has 2 rings (SSSR count). The number of rotatable bonds is 4. The molecule has 3 nitrogen and oxygen atoms in total. The van der Waals surface area contributed by atoms with Crippen LogP contribution in [-0.4, -0.2) is 19.1 Å². The molecule has 0 fully saturated rings. The Morgan fingerprint density at radius 1 is 1.00 bits per heavy atom. The van der Waals surface area contributed by atoms with Gasteiger partial charge < -0.3 is 10.2 Å². The molecular formula is C15H19N3. The molecule has 3 heteroatoms. The van der Waals surface area contributed by atoms with Gasteiger partial charge in [0, 0.05) is 43.9 Å². The minimum atomic E-state index is 0.276. The van der Waals surface area contributed by atoms with Gasteiger partial charge in [-0.1, -0.05) is 0 Å². The summed E-state index contributed by atoms with van der Waals surface area (Å²) in [4.78, 5) is 6.13. The summed E-state index contributed by atoms with van der Waals surface area (Å²) in [6.07, 6.45) is 3.64. The maximum atomic E-state index is 4.03. The highest BCUT2D eigenvalue weighted by molar-refractivity contribution is 5.55. The lowest BCUT2D eigenvalue weighted by Crippen LogP contribution is -2.09. The Morgan fingerprint density at radius 3 is 2.17 bits per heavy atom. The van der Waals surface area contributed by atoms with E-state index in [0.717, 1.165) is 5.69 Å². The second kappa shape index (κ2) is 5.54. The van der Waals surface area contributed by atoms with E-state index >= 15 is 0 Å². The summed E-state index contributed by atoms with van der Waals surface area (Å²) >= 11 is 0. The van der Waals surface area contributed by atoms with Crippen molar-refractivity contribution in [3.05, 3.63) is 54.4 Å². The molecule has 0 bridgehead atoms. The van der Waals surface area contributed by atoms with Crippen molar-refractivity contribution in [2.45, 2.75) is 13.0 Å². The summed E-state index contributed by atoms with van der Waals surface area (Å²) in [6.45, 7) is 2.15. The summed E-state index contributed by atoms with van der Waals surface area (Å²) in [6, 6.07) is 12.8. The number of benzene rings is 1. The topological polar surface area (TPSA) is 28.2 Å². The molecule has 18 heavy (non-hydrogen) atoms. The average molecular weight is 241 g/mol. The molecular weight excluding hydrogens is 222 g/mol. The zero-order chi connectivity index (χ0) is 13.0. The van der Waals surface area contributed by atoms with E-state index in [-0.39, 0.29) is 6.04 Å². The van der Waals surface area contributed by atoms with E-state index in [9.17, 15) is 0 Å². The highest BCUT2D eigenvalue weighted by Gasteiger charge is 2.04. The van der Waals surface area contributed by atoms with Gasteiger partial charge in [0.1, 0.15) is 0 Å². The van der Waals surface area contributed by atoms with Gasteiger partial charge in [0.15, 0.2) is 0 Å². The highest BCUT2D eigenvalue weighted by atomic mass is 15.1. The van der Waals surface area contributed by atoms with Crippen molar-refractivity contribution in [3.63, 3.8) is 0 Å². The zero-order valence-corrected chi connectivity index (χ0v) is 11.1. The van der Waals surface area contributed by atoms with Crippen molar-refractivity contribution in [3.8, 4) is 0 Å². The van der Waals surface area contributed by atoms with Gasteiger partial charge in [-0.15, -0.1) is 0 Å². The molecule has 0 aliphatic rings. The SMILES string of the molecule is CC(Nc1ccc(N(C)C)cc1)c1ccncc1. The molecule has 0 aliphatic heterocycles. The van der Waals surface area contributed by atoms with E-state index in [1.165, 1.54) is 11.3 Å². The van der Waals surface area contributed by atoms with E-state index in [0.29, 0.717) is 0 Å².